The van der Waals surface area contributed by atoms with Crippen LogP contribution in [0.15, 0.2) is 78.9 Å². The van der Waals surface area contributed by atoms with Gasteiger partial charge in [0, 0.05) is 16.8 Å². The quantitative estimate of drug-likeness (QED) is 0.691. The number of hydrogen-bond donors (Lipinski definition) is 1. The van der Waals surface area contributed by atoms with Crippen LogP contribution in [0.1, 0.15) is 22.7 Å². The molecule has 2 atom stereocenters. The number of benzene rings is 3. The Morgan fingerprint density at radius 1 is 1.00 bits per heavy atom. The maximum atomic E-state index is 13.1. The van der Waals surface area contributed by atoms with Crippen LogP contribution in [0.3, 0.4) is 0 Å². The number of anilines is 1. The molecule has 0 bridgehead atoms. The average molecular weight is 359 g/mol. The second-order valence-corrected chi connectivity index (χ2v) is 6.68. The summed E-state index contributed by atoms with van der Waals surface area (Å²) in [4.78, 5) is 13.1. The molecule has 4 heteroatoms. The van der Waals surface area contributed by atoms with Crippen LogP contribution in [-0.2, 0) is 15.1 Å². The van der Waals surface area contributed by atoms with Gasteiger partial charge in [0.25, 0.3) is 5.60 Å². The van der Waals surface area contributed by atoms with Crippen molar-refractivity contribution in [2.24, 2.45) is 0 Å². The van der Waals surface area contributed by atoms with Crippen LogP contribution in [0.25, 0.3) is 0 Å². The van der Waals surface area contributed by atoms with E-state index in [2.05, 4.69) is 5.32 Å². The summed E-state index contributed by atoms with van der Waals surface area (Å²) in [6, 6.07) is 24.9. The molecular weight excluding hydrogens is 338 g/mol. The smallest absolute Gasteiger partial charge is 0.357 e. The topological polar surface area (TPSA) is 47.6 Å². The second kappa shape index (κ2) is 6.80. The van der Waals surface area contributed by atoms with Crippen molar-refractivity contribution in [3.05, 3.63) is 95.6 Å². The summed E-state index contributed by atoms with van der Waals surface area (Å²) in [7, 11) is 1.39. The van der Waals surface area contributed by atoms with Crippen LogP contribution >= 0.6 is 0 Å². The lowest BCUT2D eigenvalue weighted by molar-refractivity contribution is -0.160. The monoisotopic (exact) mass is 359 g/mol. The number of ether oxygens (including phenoxy) is 2. The van der Waals surface area contributed by atoms with Crippen LogP contribution in [0, 0.1) is 6.92 Å². The van der Waals surface area contributed by atoms with Gasteiger partial charge in [-0.25, -0.2) is 4.79 Å². The second-order valence-electron chi connectivity index (χ2n) is 6.68. The zero-order valence-electron chi connectivity index (χ0n) is 15.3. The van der Waals surface area contributed by atoms with E-state index in [-0.39, 0.29) is 0 Å². The summed E-state index contributed by atoms with van der Waals surface area (Å²) in [5.74, 6) is 0.258. The first-order valence-electron chi connectivity index (χ1n) is 8.90. The number of para-hydroxylation sites is 1. The van der Waals surface area contributed by atoms with E-state index >= 15 is 0 Å². The van der Waals surface area contributed by atoms with Crippen LogP contribution in [0.4, 0.5) is 5.69 Å². The molecule has 1 aliphatic rings. The molecule has 3 aromatic rings. The minimum Gasteiger partial charge on any atom is -0.468 e. The molecule has 4 nitrogen and oxygen atoms in total. The van der Waals surface area contributed by atoms with Crippen LogP contribution < -0.4 is 10.1 Å². The van der Waals surface area contributed by atoms with Gasteiger partial charge >= 0.3 is 5.97 Å². The molecule has 1 N–H and O–H groups in total. The van der Waals surface area contributed by atoms with Gasteiger partial charge in [0.15, 0.2) is 0 Å². The Hall–Kier alpha value is -3.27. The lowest BCUT2D eigenvalue weighted by Crippen LogP contribution is -2.46. The normalized spacial score (nSPS) is 20.4. The number of aryl methyl sites for hydroxylation is 1. The van der Waals surface area contributed by atoms with Gasteiger partial charge in [0.2, 0.25) is 0 Å². The van der Waals surface area contributed by atoms with Crippen molar-refractivity contribution < 1.29 is 14.3 Å². The number of esters is 1. The Labute approximate surface area is 158 Å². The average Bonchev–Trinajstić information content (AvgIpc) is 3.03. The van der Waals surface area contributed by atoms with E-state index in [9.17, 15) is 4.79 Å². The molecule has 3 aromatic carbocycles. The zero-order valence-corrected chi connectivity index (χ0v) is 15.3. The standard InChI is InChI=1S/C23H21NO3/c1-16-13-14-19-20(15-16)27-23(22(25)26-2,17-9-5-3-6-10-17)21(19)24-18-11-7-4-8-12-18/h3-15,21,24H,1-2H3/t21-,23+/m1/s1. The fourth-order valence-corrected chi connectivity index (χ4v) is 3.64. The molecule has 1 heterocycles. The minimum atomic E-state index is -1.30. The first kappa shape index (κ1) is 17.2. The molecule has 0 spiro atoms. The fraction of sp³-hybridized carbons (Fsp3) is 0.174. The number of methoxy groups -OCH3 is 1. The van der Waals surface area contributed by atoms with E-state index in [1.807, 2.05) is 85.8 Å². The van der Waals surface area contributed by atoms with Crippen molar-refractivity contribution in [3.8, 4) is 5.75 Å². The summed E-state index contributed by atoms with van der Waals surface area (Å²) in [6.45, 7) is 2.00. The molecule has 27 heavy (non-hydrogen) atoms. The third kappa shape index (κ3) is 2.83. The Kier molecular flexibility index (Phi) is 4.32. The third-order valence-corrected chi connectivity index (χ3v) is 4.93. The van der Waals surface area contributed by atoms with Gasteiger partial charge in [-0.15, -0.1) is 0 Å². The molecule has 0 amide bonds. The highest BCUT2D eigenvalue weighted by Crippen LogP contribution is 2.51. The van der Waals surface area contributed by atoms with E-state index in [1.165, 1.54) is 7.11 Å². The molecule has 0 aromatic heterocycles. The highest BCUT2D eigenvalue weighted by Gasteiger charge is 2.57. The van der Waals surface area contributed by atoms with E-state index in [0.717, 1.165) is 22.4 Å². The summed E-state index contributed by atoms with van der Waals surface area (Å²) < 4.78 is 11.6. The van der Waals surface area contributed by atoms with Crippen molar-refractivity contribution in [1.82, 2.24) is 0 Å². The lowest BCUT2D eigenvalue weighted by Gasteiger charge is -2.33. The summed E-state index contributed by atoms with van der Waals surface area (Å²) in [5, 5.41) is 3.50. The third-order valence-electron chi connectivity index (χ3n) is 4.93. The van der Waals surface area contributed by atoms with Crippen molar-refractivity contribution in [3.63, 3.8) is 0 Å². The summed E-state index contributed by atoms with van der Waals surface area (Å²) in [5.41, 5.74) is 2.35. The Morgan fingerprint density at radius 3 is 2.33 bits per heavy atom. The molecule has 0 aliphatic carbocycles. The van der Waals surface area contributed by atoms with Gasteiger partial charge < -0.3 is 14.8 Å². The van der Waals surface area contributed by atoms with Gasteiger partial charge in [-0.05, 0) is 30.7 Å². The number of hydrogen-bond acceptors (Lipinski definition) is 4. The first-order chi connectivity index (χ1) is 13.1. The predicted molar refractivity (Wildman–Crippen MR) is 105 cm³/mol. The van der Waals surface area contributed by atoms with E-state index in [0.29, 0.717) is 5.75 Å². The van der Waals surface area contributed by atoms with Crippen molar-refractivity contribution in [1.29, 1.82) is 0 Å². The Balaban J connectivity index is 1.91. The molecule has 0 saturated heterocycles. The number of carbonyl (C=O) groups excluding carboxylic acids is 1. The van der Waals surface area contributed by atoms with Crippen molar-refractivity contribution in [2.45, 2.75) is 18.6 Å². The summed E-state index contributed by atoms with van der Waals surface area (Å²) in [6.07, 6.45) is 0. The SMILES string of the molecule is COC(=O)[C@@]1(c2ccccc2)Oc2cc(C)ccc2[C@H]1Nc1ccccc1. The van der Waals surface area contributed by atoms with Gasteiger partial charge in [0.05, 0.1) is 7.11 Å². The highest BCUT2D eigenvalue weighted by molar-refractivity contribution is 5.85. The molecule has 0 saturated carbocycles. The van der Waals surface area contributed by atoms with Crippen LogP contribution in [-0.4, -0.2) is 13.1 Å². The molecule has 4 rings (SSSR count). The molecule has 0 radical (unpaired) electrons. The lowest BCUT2D eigenvalue weighted by atomic mass is 9.84. The Bertz CT molecular complexity index is 956. The maximum absolute atomic E-state index is 13.1. The zero-order chi connectivity index (χ0) is 18.9. The minimum absolute atomic E-state index is 0.426. The van der Waals surface area contributed by atoms with Crippen LogP contribution in [0.2, 0.25) is 0 Å². The number of carbonyl (C=O) groups is 1. The van der Waals surface area contributed by atoms with Crippen LogP contribution in [0.5, 0.6) is 5.75 Å². The van der Waals surface area contributed by atoms with Crippen molar-refractivity contribution in [2.75, 3.05) is 12.4 Å². The fourth-order valence-electron chi connectivity index (χ4n) is 3.64. The van der Waals surface area contributed by atoms with Gasteiger partial charge in [0.1, 0.15) is 11.8 Å². The molecule has 0 unspecified atom stereocenters. The molecule has 1 aliphatic heterocycles. The molecular formula is C23H21NO3. The Morgan fingerprint density at radius 2 is 1.67 bits per heavy atom. The van der Waals surface area contributed by atoms with E-state index in [4.69, 9.17) is 9.47 Å². The van der Waals surface area contributed by atoms with Gasteiger partial charge in [-0.3, -0.25) is 0 Å². The highest BCUT2D eigenvalue weighted by atomic mass is 16.6. The molecule has 136 valence electrons. The molecule has 0 fully saturated rings. The van der Waals surface area contributed by atoms with Gasteiger partial charge in [-0.1, -0.05) is 60.7 Å². The number of nitrogens with one attached hydrogen (secondary N) is 1. The predicted octanol–water partition coefficient (Wildman–Crippen LogP) is 4.61. The van der Waals surface area contributed by atoms with E-state index in [1.54, 1.807) is 0 Å². The number of fused-ring (bicyclic) bond motifs is 1. The number of rotatable bonds is 4. The largest absolute Gasteiger partial charge is 0.468 e. The van der Waals surface area contributed by atoms with Crippen molar-refractivity contribution >= 4 is 11.7 Å². The van der Waals surface area contributed by atoms with E-state index < -0.39 is 17.6 Å². The van der Waals surface area contributed by atoms with Gasteiger partial charge in [-0.2, -0.15) is 0 Å². The first-order valence-corrected chi connectivity index (χ1v) is 8.90. The maximum Gasteiger partial charge on any atom is 0.357 e. The summed E-state index contributed by atoms with van der Waals surface area (Å²) >= 11 is 0.